The molecule has 7 nitrogen and oxygen atoms in total. The number of nitrogens with two attached hydrogens (primary N) is 1. The van der Waals surface area contributed by atoms with Crippen LogP contribution in [0.5, 0.6) is 0 Å². The molecule has 0 aliphatic heterocycles. The number of rotatable bonds is 5. The number of amides is 1. The fraction of sp³-hybridized carbons (Fsp3) is 0.600. The zero-order chi connectivity index (χ0) is 16.5. The number of fused-ring (bicyclic) bond motifs is 1. The van der Waals surface area contributed by atoms with Gasteiger partial charge in [0.05, 0.1) is 5.54 Å². The van der Waals surface area contributed by atoms with E-state index < -0.39 is 5.54 Å². The highest BCUT2D eigenvalue weighted by Gasteiger charge is 2.28. The Hall–Kier alpha value is -1.44. The molecule has 9 heteroatoms. The number of hydrogen-bond acceptors (Lipinski definition) is 5. The third kappa shape index (κ3) is 5.03. The average Bonchev–Trinajstić information content (AvgIpc) is 2.82. The molecule has 2 heterocycles. The van der Waals surface area contributed by atoms with Gasteiger partial charge in [-0.05, 0) is 39.2 Å². The first-order valence-corrected chi connectivity index (χ1v) is 7.48. The van der Waals surface area contributed by atoms with Gasteiger partial charge in [0.15, 0.2) is 0 Å². The van der Waals surface area contributed by atoms with Crippen molar-refractivity contribution < 1.29 is 4.79 Å². The lowest BCUT2D eigenvalue weighted by Crippen LogP contribution is -2.52. The molecule has 0 aromatic carbocycles. The minimum absolute atomic E-state index is 0. The Balaban J connectivity index is 0.00000264. The topological polar surface area (TPSA) is 98.2 Å². The maximum Gasteiger partial charge on any atom is 0.291 e. The van der Waals surface area contributed by atoms with Gasteiger partial charge in [-0.3, -0.25) is 4.79 Å². The Labute approximate surface area is 154 Å². The van der Waals surface area contributed by atoms with Crippen LogP contribution in [0.15, 0.2) is 6.07 Å². The zero-order valence-corrected chi connectivity index (χ0v) is 16.3. The molecule has 0 saturated heterocycles. The van der Waals surface area contributed by atoms with Gasteiger partial charge in [0.2, 0.25) is 5.82 Å². The van der Waals surface area contributed by atoms with Crippen molar-refractivity contribution in [3.8, 4) is 0 Å². The van der Waals surface area contributed by atoms with Crippen molar-refractivity contribution in [2.75, 3.05) is 6.54 Å². The third-order valence-electron chi connectivity index (χ3n) is 3.55. The number of carbonyl (C=O) groups excluding carboxylic acids is 1. The van der Waals surface area contributed by atoms with E-state index in [4.69, 9.17) is 5.73 Å². The van der Waals surface area contributed by atoms with Crippen LogP contribution in [0.3, 0.4) is 0 Å². The lowest BCUT2D eigenvalue weighted by Gasteiger charge is -2.30. The Kier molecular flexibility index (Phi) is 8.08. The Bertz CT molecular complexity index is 703. The first-order chi connectivity index (χ1) is 10.2. The fourth-order valence-corrected chi connectivity index (χ4v) is 2.68. The van der Waals surface area contributed by atoms with E-state index in [1.807, 2.05) is 26.8 Å². The number of hydrogen-bond donors (Lipinski definition) is 2. The van der Waals surface area contributed by atoms with Crippen LogP contribution in [-0.4, -0.2) is 37.6 Å². The van der Waals surface area contributed by atoms with Crippen LogP contribution in [-0.2, 0) is 0 Å². The number of carbonyl (C=O) groups is 1. The molecule has 0 radical (unpaired) electrons. The van der Waals surface area contributed by atoms with E-state index in [2.05, 4.69) is 34.2 Å². The van der Waals surface area contributed by atoms with Gasteiger partial charge in [-0.15, -0.1) is 29.9 Å². The van der Waals surface area contributed by atoms with Crippen molar-refractivity contribution in [2.24, 2.45) is 11.7 Å². The van der Waals surface area contributed by atoms with E-state index in [1.54, 1.807) is 4.52 Å². The van der Waals surface area contributed by atoms with Crippen molar-refractivity contribution >= 4 is 36.5 Å². The highest BCUT2D eigenvalue weighted by molar-refractivity contribution is 5.91. The monoisotopic (exact) mass is 376 g/mol. The summed E-state index contributed by atoms with van der Waals surface area (Å²) in [7, 11) is 0. The molecule has 1 unspecified atom stereocenters. The van der Waals surface area contributed by atoms with E-state index in [-0.39, 0.29) is 36.5 Å². The number of nitrogens with zero attached hydrogens (tertiary/aromatic N) is 4. The molecular formula is C15H26Cl2N6O. The second-order valence-electron chi connectivity index (χ2n) is 6.50. The minimum Gasteiger partial charge on any atom is -0.343 e. The summed E-state index contributed by atoms with van der Waals surface area (Å²) in [5.41, 5.74) is 7.09. The van der Waals surface area contributed by atoms with Crippen LogP contribution in [0, 0.1) is 19.8 Å². The molecule has 0 saturated carbocycles. The summed E-state index contributed by atoms with van der Waals surface area (Å²) < 4.78 is 1.57. The molecule has 0 spiro atoms. The standard InChI is InChI=1S/C15H24N6O.2ClH/c1-9(2)7-15(5,8-16)19-13(22)12-18-14-17-10(3)6-11(4)21(14)20-12;;/h6,9H,7-8,16H2,1-5H3,(H,19,22);2*1H. The molecule has 2 aromatic heterocycles. The van der Waals surface area contributed by atoms with Crippen molar-refractivity contribution in [1.82, 2.24) is 24.9 Å². The van der Waals surface area contributed by atoms with Gasteiger partial charge in [-0.25, -0.2) is 9.50 Å². The van der Waals surface area contributed by atoms with Crippen LogP contribution < -0.4 is 11.1 Å². The second kappa shape index (κ2) is 8.60. The zero-order valence-electron chi connectivity index (χ0n) is 14.7. The van der Waals surface area contributed by atoms with Gasteiger partial charge < -0.3 is 11.1 Å². The highest BCUT2D eigenvalue weighted by Crippen LogP contribution is 2.16. The number of nitrogens with one attached hydrogen (secondary N) is 1. The van der Waals surface area contributed by atoms with Gasteiger partial charge in [0, 0.05) is 17.9 Å². The lowest BCUT2D eigenvalue weighted by molar-refractivity contribution is 0.0887. The van der Waals surface area contributed by atoms with E-state index in [1.165, 1.54) is 0 Å². The predicted octanol–water partition coefficient (Wildman–Crippen LogP) is 2.08. The summed E-state index contributed by atoms with van der Waals surface area (Å²) in [6.45, 7) is 10.3. The van der Waals surface area contributed by atoms with E-state index in [9.17, 15) is 4.79 Å². The molecule has 3 N–H and O–H groups in total. The molecule has 2 aromatic rings. The van der Waals surface area contributed by atoms with Gasteiger partial charge >= 0.3 is 0 Å². The van der Waals surface area contributed by atoms with Crippen molar-refractivity contribution in [1.29, 1.82) is 0 Å². The minimum atomic E-state index is -0.471. The molecule has 0 aliphatic carbocycles. The first kappa shape index (κ1) is 22.6. The molecule has 136 valence electrons. The van der Waals surface area contributed by atoms with Gasteiger partial charge in [-0.2, -0.15) is 4.98 Å². The summed E-state index contributed by atoms with van der Waals surface area (Å²) in [6.07, 6.45) is 0.791. The maximum absolute atomic E-state index is 12.4. The Morgan fingerprint density at radius 2 is 1.96 bits per heavy atom. The molecular weight excluding hydrogens is 351 g/mol. The summed E-state index contributed by atoms with van der Waals surface area (Å²) in [6, 6.07) is 1.89. The normalized spacial score (nSPS) is 13.1. The fourth-order valence-electron chi connectivity index (χ4n) is 2.68. The first-order valence-electron chi connectivity index (χ1n) is 7.48. The smallest absolute Gasteiger partial charge is 0.291 e. The van der Waals surface area contributed by atoms with Gasteiger partial charge in [0.25, 0.3) is 11.7 Å². The van der Waals surface area contributed by atoms with E-state index >= 15 is 0 Å². The van der Waals surface area contributed by atoms with Crippen LogP contribution >= 0.6 is 24.8 Å². The van der Waals surface area contributed by atoms with Crippen molar-refractivity contribution in [3.63, 3.8) is 0 Å². The Morgan fingerprint density at radius 1 is 1.33 bits per heavy atom. The van der Waals surface area contributed by atoms with E-state index in [0.717, 1.165) is 17.8 Å². The SMILES string of the molecule is Cc1cc(C)n2nc(C(=O)NC(C)(CN)CC(C)C)nc2n1.Cl.Cl. The summed E-state index contributed by atoms with van der Waals surface area (Å²) in [5, 5.41) is 7.20. The second-order valence-corrected chi connectivity index (χ2v) is 6.50. The predicted molar refractivity (Wildman–Crippen MR) is 99.1 cm³/mol. The quantitative estimate of drug-likeness (QED) is 0.831. The summed E-state index contributed by atoms with van der Waals surface area (Å²) >= 11 is 0. The number of aromatic nitrogens is 4. The largest absolute Gasteiger partial charge is 0.343 e. The molecule has 0 fully saturated rings. The van der Waals surface area contributed by atoms with Gasteiger partial charge in [0.1, 0.15) is 0 Å². The van der Waals surface area contributed by atoms with Crippen LogP contribution in [0.2, 0.25) is 0 Å². The molecule has 1 atom stereocenters. The number of aryl methyl sites for hydroxylation is 2. The molecule has 0 bridgehead atoms. The summed E-state index contributed by atoms with van der Waals surface area (Å²) in [4.78, 5) is 20.9. The molecule has 2 rings (SSSR count). The van der Waals surface area contributed by atoms with E-state index in [0.29, 0.717) is 18.2 Å². The average molecular weight is 377 g/mol. The van der Waals surface area contributed by atoms with Gasteiger partial charge in [-0.1, -0.05) is 13.8 Å². The van der Waals surface area contributed by atoms with Crippen molar-refractivity contribution in [3.05, 3.63) is 23.3 Å². The van der Waals surface area contributed by atoms with Crippen molar-refractivity contribution in [2.45, 2.75) is 46.6 Å². The maximum atomic E-state index is 12.4. The highest BCUT2D eigenvalue weighted by atomic mass is 35.5. The lowest BCUT2D eigenvalue weighted by atomic mass is 9.90. The molecule has 1 amide bonds. The third-order valence-corrected chi connectivity index (χ3v) is 3.55. The molecule has 24 heavy (non-hydrogen) atoms. The van der Waals surface area contributed by atoms with Crippen LogP contribution in [0.1, 0.15) is 49.2 Å². The summed E-state index contributed by atoms with van der Waals surface area (Å²) in [5.74, 6) is 0.649. The number of halogens is 2. The Morgan fingerprint density at radius 3 is 2.50 bits per heavy atom. The van der Waals surface area contributed by atoms with Crippen LogP contribution in [0.4, 0.5) is 0 Å². The van der Waals surface area contributed by atoms with Crippen LogP contribution in [0.25, 0.3) is 5.78 Å². The molecule has 0 aliphatic rings.